The third-order valence-corrected chi connectivity index (χ3v) is 4.66. The largest absolute Gasteiger partial charge is 0.394 e. The Morgan fingerprint density at radius 3 is 2.88 bits per heavy atom. The Labute approximate surface area is 99.2 Å². The third kappa shape index (κ3) is 2.27. The topological polar surface area (TPSA) is 35.5 Å². The first-order valence-electron chi connectivity index (χ1n) is 6.86. The van der Waals surface area contributed by atoms with Crippen LogP contribution in [0, 0.1) is 5.92 Å². The summed E-state index contributed by atoms with van der Waals surface area (Å²) in [6, 6.07) is 0. The molecule has 0 aromatic rings. The van der Waals surface area contributed by atoms with Crippen molar-refractivity contribution in [3.05, 3.63) is 0 Å². The summed E-state index contributed by atoms with van der Waals surface area (Å²) >= 11 is 0. The first-order valence-corrected chi connectivity index (χ1v) is 6.86. The smallest absolute Gasteiger partial charge is 0.0618 e. The van der Waals surface area contributed by atoms with Gasteiger partial charge in [0.2, 0.25) is 0 Å². The van der Waals surface area contributed by atoms with Crippen molar-refractivity contribution in [3.8, 4) is 0 Å². The molecule has 1 saturated carbocycles. The summed E-state index contributed by atoms with van der Waals surface area (Å²) in [5.74, 6) is 0.643. The van der Waals surface area contributed by atoms with Crippen LogP contribution in [0.4, 0.5) is 0 Å². The highest BCUT2D eigenvalue weighted by Crippen LogP contribution is 2.38. The fraction of sp³-hybridized carbons (Fsp3) is 1.00. The maximum atomic E-state index is 9.89. The van der Waals surface area contributed by atoms with E-state index in [9.17, 15) is 5.11 Å². The minimum absolute atomic E-state index is 0.0876. The van der Waals surface area contributed by atoms with E-state index in [2.05, 4.69) is 17.1 Å². The van der Waals surface area contributed by atoms with E-state index in [-0.39, 0.29) is 5.54 Å². The third-order valence-electron chi connectivity index (χ3n) is 4.66. The molecule has 3 heteroatoms. The minimum Gasteiger partial charge on any atom is -0.394 e. The van der Waals surface area contributed by atoms with Gasteiger partial charge in [0.15, 0.2) is 0 Å². The summed E-state index contributed by atoms with van der Waals surface area (Å²) < 4.78 is 0. The molecule has 0 aromatic heterocycles. The van der Waals surface area contributed by atoms with E-state index in [0.717, 1.165) is 26.2 Å². The molecular weight excluding hydrogens is 200 g/mol. The summed E-state index contributed by atoms with van der Waals surface area (Å²) in [4.78, 5) is 2.57. The van der Waals surface area contributed by atoms with Crippen molar-refractivity contribution in [1.29, 1.82) is 0 Å². The molecule has 2 fully saturated rings. The highest BCUT2D eigenvalue weighted by atomic mass is 16.3. The van der Waals surface area contributed by atoms with Crippen LogP contribution in [0.3, 0.4) is 0 Å². The molecule has 2 aliphatic rings. The minimum atomic E-state index is 0.0876. The van der Waals surface area contributed by atoms with Crippen LogP contribution in [0.15, 0.2) is 0 Å². The van der Waals surface area contributed by atoms with Gasteiger partial charge in [-0.3, -0.25) is 4.90 Å². The highest BCUT2D eigenvalue weighted by molar-refractivity contribution is 4.97. The van der Waals surface area contributed by atoms with E-state index in [1.54, 1.807) is 0 Å². The Kier molecular flexibility index (Phi) is 4.22. The van der Waals surface area contributed by atoms with Gasteiger partial charge in [-0.1, -0.05) is 19.8 Å². The van der Waals surface area contributed by atoms with Gasteiger partial charge in [-0.15, -0.1) is 0 Å². The Morgan fingerprint density at radius 1 is 1.25 bits per heavy atom. The first kappa shape index (κ1) is 12.3. The van der Waals surface area contributed by atoms with Crippen LogP contribution in [-0.4, -0.2) is 48.3 Å². The van der Waals surface area contributed by atoms with Crippen molar-refractivity contribution in [3.63, 3.8) is 0 Å². The van der Waals surface area contributed by atoms with Crippen molar-refractivity contribution >= 4 is 0 Å². The zero-order valence-electron chi connectivity index (χ0n) is 10.5. The summed E-state index contributed by atoms with van der Waals surface area (Å²) in [6.45, 7) is 7.13. The predicted octanol–water partition coefficient (Wildman–Crippen LogP) is 1.22. The monoisotopic (exact) mass is 226 g/mol. The van der Waals surface area contributed by atoms with Gasteiger partial charge in [0.25, 0.3) is 0 Å². The van der Waals surface area contributed by atoms with Crippen molar-refractivity contribution in [2.75, 3.05) is 32.8 Å². The fourth-order valence-corrected chi connectivity index (χ4v) is 3.49. The second kappa shape index (κ2) is 5.48. The van der Waals surface area contributed by atoms with Crippen molar-refractivity contribution in [2.24, 2.45) is 5.92 Å². The van der Waals surface area contributed by atoms with Gasteiger partial charge in [0.1, 0.15) is 0 Å². The van der Waals surface area contributed by atoms with E-state index >= 15 is 0 Å². The van der Waals surface area contributed by atoms with Crippen LogP contribution >= 0.6 is 0 Å². The first-order chi connectivity index (χ1) is 7.79. The summed E-state index contributed by atoms with van der Waals surface area (Å²) in [5, 5.41) is 13.3. The lowest BCUT2D eigenvalue weighted by atomic mass is 9.72. The number of hydrogen-bond acceptors (Lipinski definition) is 3. The molecule has 2 rings (SSSR count). The zero-order chi connectivity index (χ0) is 11.4. The van der Waals surface area contributed by atoms with Gasteiger partial charge in [0, 0.05) is 25.2 Å². The van der Waals surface area contributed by atoms with E-state index in [1.807, 2.05) is 0 Å². The number of aliphatic hydroxyl groups is 1. The predicted molar refractivity (Wildman–Crippen MR) is 66.5 cm³/mol. The van der Waals surface area contributed by atoms with Crippen LogP contribution < -0.4 is 5.32 Å². The quantitative estimate of drug-likeness (QED) is 0.743. The number of nitrogens with zero attached hydrogens (tertiary/aromatic N) is 1. The van der Waals surface area contributed by atoms with Gasteiger partial charge < -0.3 is 10.4 Å². The average molecular weight is 226 g/mol. The number of nitrogens with one attached hydrogen (secondary N) is 1. The molecule has 0 amide bonds. The maximum absolute atomic E-state index is 9.89. The van der Waals surface area contributed by atoms with Crippen molar-refractivity contribution < 1.29 is 5.11 Å². The molecule has 2 unspecified atom stereocenters. The van der Waals surface area contributed by atoms with Crippen molar-refractivity contribution in [2.45, 2.75) is 44.6 Å². The lowest BCUT2D eigenvalue weighted by Gasteiger charge is -2.49. The van der Waals surface area contributed by atoms with Crippen LogP contribution in [0.2, 0.25) is 0 Å². The molecule has 0 aromatic carbocycles. The van der Waals surface area contributed by atoms with Gasteiger partial charge in [-0.25, -0.2) is 0 Å². The normalized spacial score (nSPS) is 38.2. The molecule has 0 spiro atoms. The molecule has 94 valence electrons. The van der Waals surface area contributed by atoms with E-state index < -0.39 is 0 Å². The molecular formula is C13H26N2O. The molecule has 3 nitrogen and oxygen atoms in total. The van der Waals surface area contributed by atoms with E-state index in [4.69, 9.17) is 0 Å². The van der Waals surface area contributed by atoms with Crippen LogP contribution in [0.25, 0.3) is 0 Å². The second-order valence-electron chi connectivity index (χ2n) is 5.50. The maximum Gasteiger partial charge on any atom is 0.0618 e. The Hall–Kier alpha value is -0.120. The van der Waals surface area contributed by atoms with Crippen LogP contribution in [0.5, 0.6) is 0 Å². The average Bonchev–Trinajstić information content (AvgIpc) is 2.59. The summed E-state index contributed by atoms with van der Waals surface area (Å²) in [7, 11) is 0. The summed E-state index contributed by atoms with van der Waals surface area (Å²) in [6.07, 6.45) is 6.31. The second-order valence-corrected chi connectivity index (χ2v) is 5.50. The summed E-state index contributed by atoms with van der Waals surface area (Å²) in [5.41, 5.74) is 0.0876. The van der Waals surface area contributed by atoms with Crippen LogP contribution in [0.1, 0.15) is 39.0 Å². The molecule has 1 heterocycles. The SMILES string of the molecule is CC1CCCCC1(CO)N1CCCNCC1. The van der Waals surface area contributed by atoms with Gasteiger partial charge in [-0.05, 0) is 31.7 Å². The molecule has 2 atom stereocenters. The van der Waals surface area contributed by atoms with Gasteiger partial charge in [0.05, 0.1) is 6.61 Å². The standard InChI is InChI=1S/C13H26N2O/c1-12-5-2-3-6-13(12,11-16)15-9-4-7-14-8-10-15/h12,14,16H,2-11H2,1H3. The van der Waals surface area contributed by atoms with E-state index in [1.165, 1.54) is 32.1 Å². The number of hydrogen-bond donors (Lipinski definition) is 2. The molecule has 0 bridgehead atoms. The lowest BCUT2D eigenvalue weighted by molar-refractivity contribution is -0.0323. The molecule has 1 aliphatic heterocycles. The fourth-order valence-electron chi connectivity index (χ4n) is 3.49. The molecule has 1 aliphatic carbocycles. The lowest BCUT2D eigenvalue weighted by Crippen LogP contribution is -2.58. The molecule has 0 radical (unpaired) electrons. The van der Waals surface area contributed by atoms with Gasteiger partial charge in [-0.2, -0.15) is 0 Å². The molecule has 16 heavy (non-hydrogen) atoms. The highest BCUT2D eigenvalue weighted by Gasteiger charge is 2.42. The Morgan fingerprint density at radius 2 is 2.12 bits per heavy atom. The van der Waals surface area contributed by atoms with Crippen molar-refractivity contribution in [1.82, 2.24) is 10.2 Å². The van der Waals surface area contributed by atoms with Crippen LogP contribution in [-0.2, 0) is 0 Å². The zero-order valence-corrected chi connectivity index (χ0v) is 10.5. The number of rotatable bonds is 2. The number of aliphatic hydroxyl groups excluding tert-OH is 1. The molecule has 1 saturated heterocycles. The Bertz CT molecular complexity index is 214. The van der Waals surface area contributed by atoms with E-state index in [0.29, 0.717) is 12.5 Å². The van der Waals surface area contributed by atoms with Gasteiger partial charge >= 0.3 is 0 Å². The Balaban J connectivity index is 2.10. The molecule has 2 N–H and O–H groups in total.